The van der Waals surface area contributed by atoms with Crippen LogP contribution in [-0.2, 0) is 4.79 Å². The molecule has 1 heterocycles. The first-order valence-electron chi connectivity index (χ1n) is 4.90. The molecule has 0 spiro atoms. The molecule has 100 valence electrons. The quantitative estimate of drug-likeness (QED) is 0.869. The van der Waals surface area contributed by atoms with Crippen molar-refractivity contribution in [1.82, 2.24) is 10.3 Å². The summed E-state index contributed by atoms with van der Waals surface area (Å²) >= 11 is 6.70. The van der Waals surface area contributed by atoms with E-state index in [-0.39, 0.29) is 0 Å². The van der Waals surface area contributed by atoms with Gasteiger partial charge in [0.05, 0.1) is 15.3 Å². The van der Waals surface area contributed by atoms with Gasteiger partial charge in [0.25, 0.3) is 0 Å². The van der Waals surface area contributed by atoms with Crippen LogP contribution in [0.5, 0.6) is 0 Å². The number of nitrogens with zero attached hydrogens (tertiary/aromatic N) is 1. The van der Waals surface area contributed by atoms with Crippen LogP contribution in [0, 0.1) is 0 Å². The third-order valence-corrected chi connectivity index (χ3v) is 3.10. The summed E-state index contributed by atoms with van der Waals surface area (Å²) in [6, 6.07) is 3.19. The van der Waals surface area contributed by atoms with E-state index in [1.54, 1.807) is 12.1 Å². The zero-order valence-electron chi connectivity index (χ0n) is 9.29. The van der Waals surface area contributed by atoms with Crippen LogP contribution in [0.3, 0.4) is 0 Å². The molecule has 1 unspecified atom stereocenters. The number of aromatic nitrogens is 1. The molecule has 1 N–H and O–H groups in total. The Bertz CT molecular complexity index is 411. The van der Waals surface area contributed by atoms with Crippen LogP contribution in [-0.4, -0.2) is 28.9 Å². The average molecular weight is 299 g/mol. The Hall–Kier alpha value is -0.950. The molecule has 0 saturated heterocycles. The molecule has 0 aliphatic heterocycles. The van der Waals surface area contributed by atoms with Gasteiger partial charge in [-0.3, -0.25) is 4.79 Å². The zero-order valence-corrected chi connectivity index (χ0v) is 10.9. The van der Waals surface area contributed by atoms with Gasteiger partial charge in [-0.1, -0.05) is 23.4 Å². The Labute approximate surface area is 111 Å². The van der Waals surface area contributed by atoms with Crippen molar-refractivity contribution in [2.24, 2.45) is 0 Å². The second kappa shape index (κ2) is 6.29. The van der Waals surface area contributed by atoms with Crippen molar-refractivity contribution >= 4 is 29.3 Å². The number of nitrogens with one attached hydrogen (secondary N) is 1. The number of pyridine rings is 1. The Morgan fingerprint density at radius 2 is 2.22 bits per heavy atom. The first kappa shape index (κ1) is 15.1. The highest BCUT2D eigenvalue weighted by atomic mass is 35.5. The molecule has 0 aliphatic carbocycles. The maximum Gasteiger partial charge on any atom is 0.405 e. The SMILES string of the molecule is CC(Sc1ccc(Cl)cn1)C(=O)NCC(F)(F)F. The van der Waals surface area contributed by atoms with Gasteiger partial charge in [-0.05, 0) is 19.1 Å². The molecule has 0 fully saturated rings. The topological polar surface area (TPSA) is 42.0 Å². The Morgan fingerprint density at radius 1 is 1.56 bits per heavy atom. The summed E-state index contributed by atoms with van der Waals surface area (Å²) in [6.07, 6.45) is -3.00. The van der Waals surface area contributed by atoms with Gasteiger partial charge in [0.15, 0.2) is 0 Å². The van der Waals surface area contributed by atoms with Gasteiger partial charge in [-0.15, -0.1) is 0 Å². The van der Waals surface area contributed by atoms with Crippen LogP contribution >= 0.6 is 23.4 Å². The molecule has 1 aromatic rings. The minimum absolute atomic E-state index is 0.452. The summed E-state index contributed by atoms with van der Waals surface area (Å²) in [4.78, 5) is 15.3. The van der Waals surface area contributed by atoms with Crippen LogP contribution < -0.4 is 5.32 Å². The van der Waals surface area contributed by atoms with E-state index in [4.69, 9.17) is 11.6 Å². The molecule has 0 radical (unpaired) electrons. The fraction of sp³-hybridized carbons (Fsp3) is 0.400. The number of hydrogen-bond donors (Lipinski definition) is 1. The number of amides is 1. The Kier molecular flexibility index (Phi) is 5.28. The highest BCUT2D eigenvalue weighted by Crippen LogP contribution is 2.22. The lowest BCUT2D eigenvalue weighted by atomic mass is 10.4. The number of halogens is 4. The van der Waals surface area contributed by atoms with Crippen molar-refractivity contribution in [3.8, 4) is 0 Å². The van der Waals surface area contributed by atoms with Crippen molar-refractivity contribution in [2.75, 3.05) is 6.54 Å². The van der Waals surface area contributed by atoms with Crippen LogP contribution in [0.1, 0.15) is 6.92 Å². The van der Waals surface area contributed by atoms with E-state index in [1.165, 1.54) is 13.1 Å². The molecule has 0 aliphatic rings. The van der Waals surface area contributed by atoms with Crippen molar-refractivity contribution < 1.29 is 18.0 Å². The predicted molar refractivity (Wildman–Crippen MR) is 63.6 cm³/mol. The van der Waals surface area contributed by atoms with Gasteiger partial charge in [0, 0.05) is 6.20 Å². The molecule has 3 nitrogen and oxygen atoms in total. The van der Waals surface area contributed by atoms with Crippen molar-refractivity contribution in [3.05, 3.63) is 23.4 Å². The highest BCUT2D eigenvalue weighted by Gasteiger charge is 2.28. The van der Waals surface area contributed by atoms with Crippen LogP contribution in [0.15, 0.2) is 23.4 Å². The lowest BCUT2D eigenvalue weighted by Gasteiger charge is -2.12. The molecule has 0 bridgehead atoms. The summed E-state index contributed by atoms with van der Waals surface area (Å²) in [5.41, 5.74) is 0. The molecule has 18 heavy (non-hydrogen) atoms. The van der Waals surface area contributed by atoms with Crippen molar-refractivity contribution in [1.29, 1.82) is 0 Å². The summed E-state index contributed by atoms with van der Waals surface area (Å²) in [5, 5.41) is 2.12. The molecule has 1 amide bonds. The monoisotopic (exact) mass is 298 g/mol. The van der Waals surface area contributed by atoms with Crippen LogP contribution in [0.2, 0.25) is 5.02 Å². The highest BCUT2D eigenvalue weighted by molar-refractivity contribution is 8.00. The van der Waals surface area contributed by atoms with Crippen molar-refractivity contribution in [3.63, 3.8) is 0 Å². The smallest absolute Gasteiger partial charge is 0.346 e. The second-order valence-corrected chi connectivity index (χ2v) is 5.21. The van der Waals surface area contributed by atoms with Crippen LogP contribution in [0.4, 0.5) is 13.2 Å². The molecular formula is C10H10ClF3N2OS. The van der Waals surface area contributed by atoms with Gasteiger partial charge in [-0.25, -0.2) is 4.98 Å². The van der Waals surface area contributed by atoms with E-state index < -0.39 is 23.9 Å². The number of carbonyl (C=O) groups is 1. The number of rotatable bonds is 4. The molecule has 0 saturated carbocycles. The fourth-order valence-corrected chi connectivity index (χ4v) is 1.92. The Balaban J connectivity index is 2.47. The van der Waals surface area contributed by atoms with E-state index in [0.29, 0.717) is 10.0 Å². The largest absolute Gasteiger partial charge is 0.405 e. The van der Waals surface area contributed by atoms with Crippen molar-refractivity contribution in [2.45, 2.75) is 23.4 Å². The summed E-state index contributed by atoms with van der Waals surface area (Å²) < 4.78 is 35.7. The lowest BCUT2D eigenvalue weighted by molar-refractivity contribution is -0.137. The Morgan fingerprint density at radius 3 is 2.72 bits per heavy atom. The fourth-order valence-electron chi connectivity index (χ4n) is 0.998. The number of hydrogen-bond acceptors (Lipinski definition) is 3. The summed E-state index contributed by atoms with van der Waals surface area (Å²) in [7, 11) is 0. The van der Waals surface area contributed by atoms with E-state index in [9.17, 15) is 18.0 Å². The standard InChI is InChI=1S/C10H10ClF3N2OS/c1-6(9(17)16-5-10(12,13)14)18-8-3-2-7(11)4-15-8/h2-4,6H,5H2,1H3,(H,16,17). The molecular weight excluding hydrogens is 289 g/mol. The van der Waals surface area contributed by atoms with Gasteiger partial charge < -0.3 is 5.32 Å². The maximum atomic E-state index is 11.9. The van der Waals surface area contributed by atoms with Gasteiger partial charge in [-0.2, -0.15) is 13.2 Å². The normalized spacial score (nSPS) is 13.2. The predicted octanol–water partition coefficient (Wildman–Crippen LogP) is 2.89. The second-order valence-electron chi connectivity index (χ2n) is 3.41. The third kappa shape index (κ3) is 5.59. The van der Waals surface area contributed by atoms with E-state index in [2.05, 4.69) is 4.98 Å². The third-order valence-electron chi connectivity index (χ3n) is 1.83. The van der Waals surface area contributed by atoms with E-state index in [1.807, 2.05) is 5.32 Å². The van der Waals surface area contributed by atoms with Gasteiger partial charge in [0.1, 0.15) is 6.54 Å². The molecule has 1 atom stereocenters. The minimum atomic E-state index is -4.40. The van der Waals surface area contributed by atoms with Crippen LogP contribution in [0.25, 0.3) is 0 Å². The lowest BCUT2D eigenvalue weighted by Crippen LogP contribution is -2.37. The number of carbonyl (C=O) groups excluding carboxylic acids is 1. The molecule has 1 aromatic heterocycles. The first-order valence-corrected chi connectivity index (χ1v) is 6.16. The molecule has 0 aromatic carbocycles. The molecule has 8 heteroatoms. The molecule has 1 rings (SSSR count). The summed E-state index contributed by atoms with van der Waals surface area (Å²) in [6.45, 7) is 0.178. The minimum Gasteiger partial charge on any atom is -0.346 e. The maximum absolute atomic E-state index is 11.9. The first-order chi connectivity index (χ1) is 8.28. The van der Waals surface area contributed by atoms with E-state index >= 15 is 0 Å². The average Bonchev–Trinajstić information content (AvgIpc) is 2.28. The van der Waals surface area contributed by atoms with Gasteiger partial charge >= 0.3 is 6.18 Å². The van der Waals surface area contributed by atoms with E-state index in [0.717, 1.165) is 11.8 Å². The summed E-state index contributed by atoms with van der Waals surface area (Å²) in [5.74, 6) is -0.686. The number of thioether (sulfide) groups is 1. The number of alkyl halides is 3. The zero-order chi connectivity index (χ0) is 13.8. The van der Waals surface area contributed by atoms with Gasteiger partial charge in [0.2, 0.25) is 5.91 Å².